The van der Waals surface area contributed by atoms with E-state index in [1.165, 1.54) is 0 Å². The van der Waals surface area contributed by atoms with Gasteiger partial charge in [-0.15, -0.1) is 0 Å². The summed E-state index contributed by atoms with van der Waals surface area (Å²) < 4.78 is 0. The zero-order chi connectivity index (χ0) is 9.07. The molecular formula is C8H22N4. The summed E-state index contributed by atoms with van der Waals surface area (Å²) in [6.45, 7) is 8.91. The van der Waals surface area contributed by atoms with Crippen molar-refractivity contribution in [3.8, 4) is 0 Å². The van der Waals surface area contributed by atoms with Crippen LogP contribution in [0.2, 0.25) is 0 Å². The lowest BCUT2D eigenvalue weighted by atomic mass is 10.5. The Morgan fingerprint density at radius 1 is 0.833 bits per heavy atom. The van der Waals surface area contributed by atoms with Crippen molar-refractivity contribution in [2.75, 3.05) is 45.8 Å². The quantitative estimate of drug-likeness (QED) is 0.329. The minimum atomic E-state index is 0.720. The number of hydrogen-bond acceptors (Lipinski definition) is 4. The van der Waals surface area contributed by atoms with Gasteiger partial charge in [0.2, 0.25) is 0 Å². The summed E-state index contributed by atoms with van der Waals surface area (Å²) in [4.78, 5) is 0. The van der Waals surface area contributed by atoms with Crippen molar-refractivity contribution >= 4 is 0 Å². The van der Waals surface area contributed by atoms with E-state index in [1.807, 2.05) is 0 Å². The molecule has 4 nitrogen and oxygen atoms in total. The van der Waals surface area contributed by atoms with Gasteiger partial charge in [0.1, 0.15) is 0 Å². The van der Waals surface area contributed by atoms with Crippen molar-refractivity contribution in [2.24, 2.45) is 5.73 Å². The third-order valence-corrected chi connectivity index (χ3v) is 1.53. The summed E-state index contributed by atoms with van der Waals surface area (Å²) >= 11 is 0. The van der Waals surface area contributed by atoms with Crippen LogP contribution in [0.3, 0.4) is 0 Å². The van der Waals surface area contributed by atoms with Gasteiger partial charge in [-0.2, -0.15) is 0 Å². The maximum Gasteiger partial charge on any atom is 0.00772 e. The van der Waals surface area contributed by atoms with E-state index < -0.39 is 0 Å². The van der Waals surface area contributed by atoms with E-state index in [2.05, 4.69) is 22.9 Å². The zero-order valence-electron chi connectivity index (χ0n) is 8.03. The molecule has 0 saturated carbocycles. The van der Waals surface area contributed by atoms with Crippen LogP contribution in [0.4, 0.5) is 0 Å². The van der Waals surface area contributed by atoms with Crippen LogP contribution >= 0.6 is 0 Å². The van der Waals surface area contributed by atoms with Gasteiger partial charge in [0.05, 0.1) is 0 Å². The highest BCUT2D eigenvalue weighted by molar-refractivity contribution is 4.53. The number of nitrogens with one attached hydrogen (secondary N) is 3. The van der Waals surface area contributed by atoms with Crippen molar-refractivity contribution in [1.82, 2.24) is 16.0 Å². The fraction of sp³-hybridized carbons (Fsp3) is 1.00. The second kappa shape index (κ2) is 10.8. The van der Waals surface area contributed by atoms with Gasteiger partial charge in [-0.05, 0) is 6.54 Å². The number of nitrogens with two attached hydrogens (primary N) is 1. The third-order valence-electron chi connectivity index (χ3n) is 1.53. The van der Waals surface area contributed by atoms with Gasteiger partial charge >= 0.3 is 0 Å². The van der Waals surface area contributed by atoms with Gasteiger partial charge in [-0.3, -0.25) is 0 Å². The molecule has 0 aliphatic carbocycles. The molecule has 0 heterocycles. The molecule has 0 saturated heterocycles. The summed E-state index contributed by atoms with van der Waals surface area (Å²) in [5.41, 5.74) is 5.32. The topological polar surface area (TPSA) is 62.1 Å². The first kappa shape index (κ1) is 11.8. The fourth-order valence-corrected chi connectivity index (χ4v) is 0.882. The lowest BCUT2D eigenvalue weighted by Crippen LogP contribution is -2.34. The molecule has 0 aromatic carbocycles. The van der Waals surface area contributed by atoms with Gasteiger partial charge in [0.15, 0.2) is 0 Å². The Kier molecular flexibility index (Phi) is 10.7. The van der Waals surface area contributed by atoms with Crippen LogP contribution in [0.25, 0.3) is 0 Å². The van der Waals surface area contributed by atoms with E-state index in [1.54, 1.807) is 0 Å². The van der Waals surface area contributed by atoms with Gasteiger partial charge in [0, 0.05) is 39.3 Å². The largest absolute Gasteiger partial charge is 0.329 e. The van der Waals surface area contributed by atoms with Gasteiger partial charge in [-0.25, -0.2) is 0 Å². The highest BCUT2D eigenvalue weighted by atomic mass is 15.0. The van der Waals surface area contributed by atoms with Crippen LogP contribution in [0.1, 0.15) is 6.92 Å². The molecule has 0 rings (SSSR count). The molecule has 0 amide bonds. The lowest BCUT2D eigenvalue weighted by molar-refractivity contribution is 0.590. The first-order valence-electron chi connectivity index (χ1n) is 4.74. The summed E-state index contributed by atoms with van der Waals surface area (Å²) in [6.07, 6.45) is 0. The predicted molar refractivity (Wildman–Crippen MR) is 53.3 cm³/mol. The molecule has 0 aromatic rings. The van der Waals surface area contributed by atoms with E-state index in [0.29, 0.717) is 0 Å². The molecule has 0 bridgehead atoms. The Morgan fingerprint density at radius 2 is 1.33 bits per heavy atom. The standard InChI is InChI=1S/C8H22N4/c1-2-10-5-6-12-8-7-11-4-3-9/h10-12H,2-9H2,1H3. The molecule has 0 unspecified atom stereocenters. The molecule has 74 valence electrons. The van der Waals surface area contributed by atoms with Gasteiger partial charge in [0.25, 0.3) is 0 Å². The monoisotopic (exact) mass is 174 g/mol. The first-order valence-corrected chi connectivity index (χ1v) is 4.74. The Labute approximate surface area is 75.3 Å². The summed E-state index contributed by atoms with van der Waals surface area (Å²) in [5.74, 6) is 0. The first-order chi connectivity index (χ1) is 5.91. The zero-order valence-corrected chi connectivity index (χ0v) is 8.03. The van der Waals surface area contributed by atoms with E-state index in [-0.39, 0.29) is 0 Å². The summed E-state index contributed by atoms with van der Waals surface area (Å²) in [6, 6.07) is 0. The molecule has 0 aromatic heterocycles. The highest BCUT2D eigenvalue weighted by Crippen LogP contribution is 1.60. The van der Waals surface area contributed by atoms with Crippen molar-refractivity contribution in [1.29, 1.82) is 0 Å². The number of likely N-dealkylation sites (N-methyl/N-ethyl adjacent to an activating group) is 1. The van der Waals surface area contributed by atoms with Crippen molar-refractivity contribution in [3.05, 3.63) is 0 Å². The molecule has 4 heteroatoms. The fourth-order valence-electron chi connectivity index (χ4n) is 0.882. The molecular weight excluding hydrogens is 152 g/mol. The molecule has 0 aliphatic heterocycles. The van der Waals surface area contributed by atoms with E-state index in [0.717, 1.165) is 45.8 Å². The minimum Gasteiger partial charge on any atom is -0.329 e. The molecule has 0 aliphatic rings. The smallest absolute Gasteiger partial charge is 0.00772 e. The Bertz CT molecular complexity index is 67.5. The second-order valence-corrected chi connectivity index (χ2v) is 2.64. The minimum absolute atomic E-state index is 0.720. The number of rotatable bonds is 9. The van der Waals surface area contributed by atoms with Crippen LogP contribution < -0.4 is 21.7 Å². The van der Waals surface area contributed by atoms with Crippen molar-refractivity contribution < 1.29 is 0 Å². The SMILES string of the molecule is CCNCCNCCNCCN. The Morgan fingerprint density at radius 3 is 1.83 bits per heavy atom. The average Bonchev–Trinajstić information content (AvgIpc) is 2.10. The summed E-state index contributed by atoms with van der Waals surface area (Å²) in [5, 5.41) is 9.78. The van der Waals surface area contributed by atoms with Gasteiger partial charge < -0.3 is 21.7 Å². The lowest BCUT2D eigenvalue weighted by Gasteiger charge is -2.05. The third kappa shape index (κ3) is 9.84. The van der Waals surface area contributed by atoms with E-state index in [9.17, 15) is 0 Å². The maximum atomic E-state index is 5.32. The van der Waals surface area contributed by atoms with E-state index in [4.69, 9.17) is 5.73 Å². The second-order valence-electron chi connectivity index (χ2n) is 2.64. The number of hydrogen-bond donors (Lipinski definition) is 4. The van der Waals surface area contributed by atoms with Crippen LogP contribution in [-0.2, 0) is 0 Å². The Hall–Kier alpha value is -0.160. The van der Waals surface area contributed by atoms with Gasteiger partial charge in [-0.1, -0.05) is 6.92 Å². The molecule has 12 heavy (non-hydrogen) atoms. The molecule has 0 fully saturated rings. The van der Waals surface area contributed by atoms with Crippen molar-refractivity contribution in [3.63, 3.8) is 0 Å². The van der Waals surface area contributed by atoms with E-state index >= 15 is 0 Å². The molecule has 0 spiro atoms. The maximum absolute atomic E-state index is 5.32. The average molecular weight is 174 g/mol. The van der Waals surface area contributed by atoms with Crippen LogP contribution in [-0.4, -0.2) is 45.8 Å². The van der Waals surface area contributed by atoms with Crippen LogP contribution in [0, 0.1) is 0 Å². The predicted octanol–water partition coefficient (Wildman–Crippen LogP) is -1.27. The molecule has 0 atom stereocenters. The van der Waals surface area contributed by atoms with Crippen molar-refractivity contribution in [2.45, 2.75) is 6.92 Å². The molecule has 5 N–H and O–H groups in total. The molecule has 0 radical (unpaired) electrons. The van der Waals surface area contributed by atoms with Crippen LogP contribution in [0.15, 0.2) is 0 Å². The van der Waals surface area contributed by atoms with Crippen LogP contribution in [0.5, 0.6) is 0 Å². The Balaban J connectivity index is 2.73. The summed E-state index contributed by atoms with van der Waals surface area (Å²) in [7, 11) is 0. The normalized spacial score (nSPS) is 10.5. The highest BCUT2D eigenvalue weighted by Gasteiger charge is 1.86.